The lowest BCUT2D eigenvalue weighted by Gasteiger charge is -2.40. The number of hydrogen-bond donors (Lipinski definition) is 1. The van der Waals surface area contributed by atoms with Gasteiger partial charge >= 0.3 is 5.97 Å². The molecule has 1 unspecified atom stereocenters. The fraction of sp³-hybridized carbons (Fsp3) is 0.375. The first kappa shape index (κ1) is 23.3. The number of carbonyl (C=O) groups excluding carboxylic acids is 1. The monoisotopic (exact) mass is 499 g/mol. The van der Waals surface area contributed by atoms with Crippen molar-refractivity contribution in [1.29, 1.82) is 0 Å². The molecule has 4 heterocycles. The van der Waals surface area contributed by atoms with E-state index in [1.807, 2.05) is 44.2 Å². The SMILES string of the molecule is CCN(CC)P(O)(=S)O[C@]1(CC)C(=O)OCc2c1cc1n(c2=O)Cc2cc3ccccc3nc2-1. The van der Waals surface area contributed by atoms with Gasteiger partial charge in [-0.1, -0.05) is 39.0 Å². The summed E-state index contributed by atoms with van der Waals surface area (Å²) in [5, 5.41) is 0.997. The van der Waals surface area contributed by atoms with Crippen LogP contribution in [-0.4, -0.2) is 38.2 Å². The molecule has 2 aliphatic rings. The van der Waals surface area contributed by atoms with Crippen LogP contribution < -0.4 is 5.56 Å². The van der Waals surface area contributed by atoms with E-state index in [0.717, 1.165) is 16.5 Å². The largest absolute Gasteiger partial charge is 0.458 e. The first-order valence-electron chi connectivity index (χ1n) is 11.4. The Balaban J connectivity index is 1.72. The number of para-hydroxylation sites is 1. The minimum Gasteiger partial charge on any atom is -0.458 e. The van der Waals surface area contributed by atoms with E-state index in [9.17, 15) is 14.5 Å². The van der Waals surface area contributed by atoms with Crippen molar-refractivity contribution in [1.82, 2.24) is 14.2 Å². The van der Waals surface area contributed by atoms with Gasteiger partial charge in [0.25, 0.3) is 12.2 Å². The molecule has 0 spiro atoms. The Kier molecular flexibility index (Phi) is 5.73. The fourth-order valence-corrected chi connectivity index (χ4v) is 7.52. The highest BCUT2D eigenvalue weighted by Gasteiger charge is 2.51. The van der Waals surface area contributed by atoms with Crippen molar-refractivity contribution in [3.8, 4) is 11.4 Å². The van der Waals surface area contributed by atoms with Crippen molar-refractivity contribution in [2.45, 2.75) is 45.9 Å². The van der Waals surface area contributed by atoms with Gasteiger partial charge in [-0.15, -0.1) is 0 Å². The molecule has 0 fully saturated rings. The lowest BCUT2D eigenvalue weighted by molar-refractivity contribution is -0.169. The summed E-state index contributed by atoms with van der Waals surface area (Å²) >= 11 is 5.48. The van der Waals surface area contributed by atoms with E-state index in [1.54, 1.807) is 22.2 Å². The molecular weight excluding hydrogens is 473 g/mol. The topological polar surface area (TPSA) is 93.9 Å². The van der Waals surface area contributed by atoms with Crippen molar-refractivity contribution < 1.29 is 18.9 Å². The van der Waals surface area contributed by atoms with Gasteiger partial charge in [0, 0.05) is 29.6 Å². The van der Waals surface area contributed by atoms with E-state index < -0.39 is 18.2 Å². The van der Waals surface area contributed by atoms with Gasteiger partial charge in [0.05, 0.1) is 29.0 Å². The molecule has 1 N–H and O–H groups in total. The van der Waals surface area contributed by atoms with Crippen molar-refractivity contribution in [2.75, 3.05) is 13.1 Å². The van der Waals surface area contributed by atoms with Crippen LogP contribution in [0.3, 0.4) is 0 Å². The third kappa shape index (κ3) is 3.38. The van der Waals surface area contributed by atoms with Crippen LogP contribution in [0.5, 0.6) is 0 Å². The Morgan fingerprint density at radius 1 is 1.24 bits per heavy atom. The lowest BCUT2D eigenvalue weighted by atomic mass is 9.86. The zero-order valence-electron chi connectivity index (χ0n) is 19.3. The summed E-state index contributed by atoms with van der Waals surface area (Å²) < 4.78 is 14.9. The van der Waals surface area contributed by atoms with Gasteiger partial charge in [0.2, 0.25) is 0 Å². The van der Waals surface area contributed by atoms with Crippen LogP contribution in [0.2, 0.25) is 0 Å². The Morgan fingerprint density at radius 3 is 2.68 bits per heavy atom. The van der Waals surface area contributed by atoms with Gasteiger partial charge < -0.3 is 14.2 Å². The summed E-state index contributed by atoms with van der Waals surface area (Å²) in [6, 6.07) is 11.6. The van der Waals surface area contributed by atoms with E-state index in [-0.39, 0.29) is 18.6 Å². The lowest BCUT2D eigenvalue weighted by Crippen LogP contribution is -2.46. The highest BCUT2D eigenvalue weighted by atomic mass is 32.5. The number of carbonyl (C=O) groups is 1. The van der Waals surface area contributed by atoms with Crippen LogP contribution >= 0.6 is 6.64 Å². The van der Waals surface area contributed by atoms with Crippen LogP contribution in [0.15, 0.2) is 41.2 Å². The zero-order chi connectivity index (χ0) is 24.3. The summed E-state index contributed by atoms with van der Waals surface area (Å²) in [5.74, 6) is -0.646. The number of esters is 1. The van der Waals surface area contributed by atoms with E-state index in [1.165, 1.54) is 0 Å². The molecule has 8 nitrogen and oxygen atoms in total. The summed E-state index contributed by atoms with van der Waals surface area (Å²) in [6.07, 6.45) is 0.153. The molecule has 3 aromatic rings. The van der Waals surface area contributed by atoms with Crippen molar-refractivity contribution in [3.05, 3.63) is 63.4 Å². The predicted octanol–water partition coefficient (Wildman–Crippen LogP) is 3.66. The standard InChI is InChI=1S/C24H26N3O5PS/c1-4-24(32-33(30,34)26(5-2)6-3)18-12-20-21-16(11-15-9-7-8-10-19(15)25-21)13-27(20)22(28)17(18)14-31-23(24)29/h7-12H,4-6,13-14H2,1-3H3,(H,30,34)/t24-,33?/m0/s1. The van der Waals surface area contributed by atoms with Gasteiger partial charge in [-0.05, 0) is 36.4 Å². The normalized spacial score (nSPS) is 20.6. The minimum absolute atomic E-state index is 0.149. The molecule has 1 aromatic carbocycles. The van der Waals surface area contributed by atoms with E-state index in [4.69, 9.17) is 26.1 Å². The van der Waals surface area contributed by atoms with Crippen LogP contribution in [0.1, 0.15) is 43.9 Å². The Hall–Kier alpha value is -2.42. The quantitative estimate of drug-likeness (QED) is 0.317. The third-order valence-electron chi connectivity index (χ3n) is 6.75. The molecule has 2 atom stereocenters. The Bertz CT molecular complexity index is 1430. The summed E-state index contributed by atoms with van der Waals surface area (Å²) in [4.78, 5) is 42.7. The maximum atomic E-state index is 13.6. The number of aromatic nitrogens is 2. The predicted molar refractivity (Wildman–Crippen MR) is 133 cm³/mol. The number of benzene rings is 1. The molecule has 178 valence electrons. The highest BCUT2D eigenvalue weighted by molar-refractivity contribution is 8.08. The van der Waals surface area contributed by atoms with Crippen LogP contribution in [0, 0.1) is 0 Å². The average Bonchev–Trinajstić information content (AvgIpc) is 3.18. The molecule has 2 aromatic heterocycles. The summed E-state index contributed by atoms with van der Waals surface area (Å²) in [6.45, 7) is 3.11. The van der Waals surface area contributed by atoms with Gasteiger partial charge in [-0.2, -0.15) is 0 Å². The number of pyridine rings is 2. The molecule has 0 aliphatic carbocycles. The van der Waals surface area contributed by atoms with Crippen LogP contribution in [0.4, 0.5) is 0 Å². The van der Waals surface area contributed by atoms with Gasteiger partial charge in [-0.3, -0.25) is 9.32 Å². The van der Waals surface area contributed by atoms with E-state index >= 15 is 0 Å². The molecule has 0 saturated carbocycles. The second-order valence-corrected chi connectivity index (χ2v) is 11.6. The van der Waals surface area contributed by atoms with Crippen molar-refractivity contribution in [2.24, 2.45) is 0 Å². The number of nitrogens with zero attached hydrogens (tertiary/aromatic N) is 3. The molecule has 0 radical (unpaired) electrons. The highest BCUT2D eigenvalue weighted by Crippen LogP contribution is 2.55. The molecule has 34 heavy (non-hydrogen) atoms. The summed E-state index contributed by atoms with van der Waals surface area (Å²) in [5.41, 5.74) is 1.91. The molecule has 2 aliphatic heterocycles. The Morgan fingerprint density at radius 2 is 1.97 bits per heavy atom. The second-order valence-electron chi connectivity index (χ2n) is 8.48. The molecule has 0 bridgehead atoms. The average molecular weight is 500 g/mol. The first-order chi connectivity index (χ1) is 16.3. The molecular formula is C24H26N3O5PS. The first-order valence-corrected chi connectivity index (χ1v) is 14.0. The molecule has 10 heteroatoms. The van der Waals surface area contributed by atoms with E-state index in [0.29, 0.717) is 42.1 Å². The van der Waals surface area contributed by atoms with Crippen molar-refractivity contribution >= 4 is 35.3 Å². The van der Waals surface area contributed by atoms with Crippen molar-refractivity contribution in [3.63, 3.8) is 0 Å². The third-order valence-corrected chi connectivity index (χ3v) is 9.49. The summed E-state index contributed by atoms with van der Waals surface area (Å²) in [7, 11) is 0. The second kappa shape index (κ2) is 8.36. The number of cyclic esters (lactones) is 1. The number of ether oxygens (including phenoxy) is 1. The van der Waals surface area contributed by atoms with Gasteiger partial charge in [0.15, 0.2) is 5.60 Å². The minimum atomic E-state index is -3.54. The van der Waals surface area contributed by atoms with Gasteiger partial charge in [-0.25, -0.2) is 14.4 Å². The zero-order valence-corrected chi connectivity index (χ0v) is 21.0. The number of hydrogen-bond acceptors (Lipinski definition) is 6. The Labute approximate surface area is 202 Å². The fourth-order valence-electron chi connectivity index (χ4n) is 4.91. The molecule has 5 rings (SSSR count). The maximum Gasteiger partial charge on any atom is 0.344 e. The number of rotatable bonds is 6. The smallest absolute Gasteiger partial charge is 0.344 e. The maximum absolute atomic E-state index is 13.6. The van der Waals surface area contributed by atoms with E-state index in [2.05, 4.69) is 0 Å². The van der Waals surface area contributed by atoms with Crippen LogP contribution in [-0.2, 0) is 44.6 Å². The van der Waals surface area contributed by atoms with Gasteiger partial charge in [0.1, 0.15) is 6.61 Å². The molecule has 0 amide bonds. The number of fused-ring (bicyclic) bond motifs is 5. The van der Waals surface area contributed by atoms with Crippen LogP contribution in [0.25, 0.3) is 22.3 Å². The molecule has 0 saturated heterocycles.